The smallest absolute Gasteiger partial charge is 0.264 e. The van der Waals surface area contributed by atoms with Crippen LogP contribution in [0.2, 0.25) is 0 Å². The lowest BCUT2D eigenvalue weighted by Gasteiger charge is -2.33. The zero-order chi connectivity index (χ0) is 11.5. The van der Waals surface area contributed by atoms with Gasteiger partial charge in [-0.1, -0.05) is 6.07 Å². The van der Waals surface area contributed by atoms with Crippen LogP contribution < -0.4 is 11.1 Å². The third kappa shape index (κ3) is 2.07. The number of carbonyl (C=O) groups excluding carboxylic acids is 2. The molecule has 16 heavy (non-hydrogen) atoms. The second-order valence-corrected chi connectivity index (χ2v) is 4.55. The highest BCUT2D eigenvalue weighted by Gasteiger charge is 2.31. The van der Waals surface area contributed by atoms with Gasteiger partial charge in [0.2, 0.25) is 5.91 Å². The minimum Gasteiger partial charge on any atom is -0.368 e. The van der Waals surface area contributed by atoms with Gasteiger partial charge >= 0.3 is 0 Å². The number of nitrogens with zero attached hydrogens (tertiary/aromatic N) is 1. The maximum absolute atomic E-state index is 12.1. The van der Waals surface area contributed by atoms with Crippen molar-refractivity contribution < 1.29 is 9.59 Å². The van der Waals surface area contributed by atoms with Crippen LogP contribution >= 0.6 is 11.3 Å². The number of hydrogen-bond donors (Lipinski definition) is 2. The van der Waals surface area contributed by atoms with Crippen molar-refractivity contribution in [2.24, 2.45) is 5.73 Å². The number of carbonyl (C=O) groups is 2. The molecule has 0 bridgehead atoms. The average molecular weight is 239 g/mol. The number of nitrogens with one attached hydrogen (secondary N) is 1. The number of hydrogen-bond acceptors (Lipinski definition) is 4. The van der Waals surface area contributed by atoms with E-state index in [1.807, 2.05) is 11.4 Å². The summed E-state index contributed by atoms with van der Waals surface area (Å²) in [5, 5.41) is 4.90. The molecule has 2 heterocycles. The molecule has 6 heteroatoms. The van der Waals surface area contributed by atoms with Gasteiger partial charge in [-0.2, -0.15) is 0 Å². The van der Waals surface area contributed by atoms with Crippen molar-refractivity contribution >= 4 is 23.2 Å². The number of primary amides is 1. The third-order valence-electron chi connectivity index (χ3n) is 2.56. The van der Waals surface area contributed by atoms with E-state index in [4.69, 9.17) is 5.73 Å². The molecule has 1 aliphatic rings. The van der Waals surface area contributed by atoms with E-state index < -0.39 is 11.9 Å². The molecule has 1 aliphatic heterocycles. The van der Waals surface area contributed by atoms with Crippen molar-refractivity contribution in [3.05, 3.63) is 22.4 Å². The molecule has 2 amide bonds. The monoisotopic (exact) mass is 239 g/mol. The van der Waals surface area contributed by atoms with Crippen molar-refractivity contribution in [1.82, 2.24) is 10.2 Å². The van der Waals surface area contributed by atoms with Gasteiger partial charge in [0.1, 0.15) is 6.04 Å². The van der Waals surface area contributed by atoms with Crippen LogP contribution in [0.3, 0.4) is 0 Å². The molecule has 86 valence electrons. The van der Waals surface area contributed by atoms with Crippen molar-refractivity contribution in [3.8, 4) is 0 Å². The standard InChI is InChI=1S/C10H13N3O2S/c11-9(14)7-6-12-3-4-13(7)10(15)8-2-1-5-16-8/h1-2,5,7,12H,3-4,6H2,(H2,11,14). The molecule has 2 rings (SSSR count). The first-order valence-electron chi connectivity index (χ1n) is 5.04. The predicted molar refractivity (Wildman–Crippen MR) is 61.2 cm³/mol. The Bertz CT molecular complexity index is 391. The second kappa shape index (κ2) is 4.63. The van der Waals surface area contributed by atoms with Gasteiger partial charge < -0.3 is 16.0 Å². The lowest BCUT2D eigenvalue weighted by atomic mass is 10.1. The Morgan fingerprint density at radius 1 is 1.56 bits per heavy atom. The van der Waals surface area contributed by atoms with Crippen molar-refractivity contribution in [3.63, 3.8) is 0 Å². The summed E-state index contributed by atoms with van der Waals surface area (Å²) in [7, 11) is 0. The van der Waals surface area contributed by atoms with Crippen LogP contribution in [-0.4, -0.2) is 42.4 Å². The molecule has 0 aliphatic carbocycles. The maximum atomic E-state index is 12.1. The van der Waals surface area contributed by atoms with Crippen LogP contribution in [0.25, 0.3) is 0 Å². The topological polar surface area (TPSA) is 75.4 Å². The predicted octanol–water partition coefficient (Wildman–Crippen LogP) is -0.353. The van der Waals surface area contributed by atoms with Gasteiger partial charge in [-0.25, -0.2) is 0 Å². The molecule has 0 aromatic carbocycles. The summed E-state index contributed by atoms with van der Waals surface area (Å²) in [5.41, 5.74) is 5.28. The first kappa shape index (κ1) is 11.1. The highest BCUT2D eigenvalue weighted by Crippen LogP contribution is 2.15. The number of amides is 2. The van der Waals surface area contributed by atoms with Gasteiger partial charge in [0.15, 0.2) is 0 Å². The molecule has 5 nitrogen and oxygen atoms in total. The Hall–Kier alpha value is -1.40. The van der Waals surface area contributed by atoms with E-state index in [1.54, 1.807) is 11.0 Å². The lowest BCUT2D eigenvalue weighted by molar-refractivity contribution is -0.122. The zero-order valence-electron chi connectivity index (χ0n) is 8.68. The second-order valence-electron chi connectivity index (χ2n) is 3.60. The largest absolute Gasteiger partial charge is 0.368 e. The molecule has 1 aromatic heterocycles. The van der Waals surface area contributed by atoms with E-state index in [1.165, 1.54) is 11.3 Å². The summed E-state index contributed by atoms with van der Waals surface area (Å²) < 4.78 is 0. The molecule has 0 spiro atoms. The van der Waals surface area contributed by atoms with Gasteiger partial charge in [-0.3, -0.25) is 9.59 Å². The molecule has 1 atom stereocenters. The molecular formula is C10H13N3O2S. The van der Waals surface area contributed by atoms with E-state index in [-0.39, 0.29) is 5.91 Å². The van der Waals surface area contributed by atoms with Crippen molar-refractivity contribution in [1.29, 1.82) is 0 Å². The van der Waals surface area contributed by atoms with Crippen LogP contribution in [0, 0.1) is 0 Å². The number of piperazine rings is 1. The van der Waals surface area contributed by atoms with Crippen LogP contribution in [0.1, 0.15) is 9.67 Å². The van der Waals surface area contributed by atoms with Crippen LogP contribution in [0.5, 0.6) is 0 Å². The Morgan fingerprint density at radius 2 is 2.38 bits per heavy atom. The molecule has 1 fully saturated rings. The minimum atomic E-state index is -0.539. The van der Waals surface area contributed by atoms with Gasteiger partial charge in [-0.15, -0.1) is 11.3 Å². The summed E-state index contributed by atoms with van der Waals surface area (Å²) >= 11 is 1.37. The Morgan fingerprint density at radius 3 is 3.00 bits per heavy atom. The fraction of sp³-hybridized carbons (Fsp3) is 0.400. The highest BCUT2D eigenvalue weighted by atomic mass is 32.1. The molecule has 0 radical (unpaired) electrons. The molecule has 0 saturated carbocycles. The fourth-order valence-electron chi connectivity index (χ4n) is 1.74. The highest BCUT2D eigenvalue weighted by molar-refractivity contribution is 7.12. The average Bonchev–Trinajstić information content (AvgIpc) is 2.81. The Kier molecular flexibility index (Phi) is 3.21. The first-order chi connectivity index (χ1) is 7.70. The van der Waals surface area contributed by atoms with Gasteiger partial charge in [0.25, 0.3) is 5.91 Å². The van der Waals surface area contributed by atoms with E-state index in [2.05, 4.69) is 5.32 Å². The summed E-state index contributed by atoms with van der Waals surface area (Å²) in [6, 6.07) is 3.04. The lowest BCUT2D eigenvalue weighted by Crippen LogP contribution is -2.58. The van der Waals surface area contributed by atoms with E-state index in [0.717, 1.165) is 0 Å². The van der Waals surface area contributed by atoms with Crippen LogP contribution in [-0.2, 0) is 4.79 Å². The minimum absolute atomic E-state index is 0.111. The fourth-order valence-corrected chi connectivity index (χ4v) is 2.42. The molecule has 1 aromatic rings. The van der Waals surface area contributed by atoms with Crippen LogP contribution in [0.4, 0.5) is 0 Å². The molecule has 1 saturated heterocycles. The zero-order valence-corrected chi connectivity index (χ0v) is 9.50. The van der Waals surface area contributed by atoms with Gasteiger partial charge in [0.05, 0.1) is 4.88 Å². The van der Waals surface area contributed by atoms with Crippen LogP contribution in [0.15, 0.2) is 17.5 Å². The summed E-state index contributed by atoms with van der Waals surface area (Å²) in [4.78, 5) is 25.5. The Labute approximate surface area is 97.2 Å². The van der Waals surface area contributed by atoms with Gasteiger partial charge in [0, 0.05) is 19.6 Å². The summed E-state index contributed by atoms with van der Waals surface area (Å²) in [6.07, 6.45) is 0. The number of nitrogens with two attached hydrogens (primary N) is 1. The first-order valence-corrected chi connectivity index (χ1v) is 5.92. The van der Waals surface area contributed by atoms with E-state index in [0.29, 0.717) is 24.5 Å². The summed E-state index contributed by atoms with van der Waals surface area (Å²) in [5.74, 6) is -0.572. The third-order valence-corrected chi connectivity index (χ3v) is 3.42. The SMILES string of the molecule is NC(=O)C1CNCCN1C(=O)c1cccs1. The summed E-state index contributed by atoms with van der Waals surface area (Å²) in [6.45, 7) is 1.65. The van der Waals surface area contributed by atoms with Crippen molar-refractivity contribution in [2.45, 2.75) is 6.04 Å². The molecular weight excluding hydrogens is 226 g/mol. The van der Waals surface area contributed by atoms with E-state index >= 15 is 0 Å². The number of rotatable bonds is 2. The number of thiophene rings is 1. The molecule has 1 unspecified atom stereocenters. The maximum Gasteiger partial charge on any atom is 0.264 e. The Balaban J connectivity index is 2.17. The molecule has 3 N–H and O–H groups in total. The van der Waals surface area contributed by atoms with E-state index in [9.17, 15) is 9.59 Å². The quantitative estimate of drug-likeness (QED) is 0.740. The normalized spacial score (nSPS) is 20.8. The van der Waals surface area contributed by atoms with Gasteiger partial charge in [-0.05, 0) is 11.4 Å². The van der Waals surface area contributed by atoms with Crippen molar-refractivity contribution in [2.75, 3.05) is 19.6 Å².